The van der Waals surface area contributed by atoms with Gasteiger partial charge in [0.1, 0.15) is 0 Å². The number of carbonyl (C=O) groups is 1. The number of fused-ring (bicyclic) bond motifs is 1. The van der Waals surface area contributed by atoms with Gasteiger partial charge in [-0.15, -0.1) is 0 Å². The van der Waals surface area contributed by atoms with E-state index in [1.807, 2.05) is 30.7 Å². The Balaban J connectivity index is 1.85. The molecule has 8 heteroatoms. The van der Waals surface area contributed by atoms with Crippen LogP contribution in [0.4, 0.5) is 0 Å². The Morgan fingerprint density at radius 2 is 1.92 bits per heavy atom. The number of halogens is 1. The van der Waals surface area contributed by atoms with Gasteiger partial charge in [-0.1, -0.05) is 41.1 Å². The van der Waals surface area contributed by atoms with Crippen molar-refractivity contribution in [2.45, 2.75) is 18.2 Å². The molecule has 0 saturated carbocycles. The molecule has 1 heterocycles. The lowest BCUT2D eigenvalue weighted by Crippen LogP contribution is -2.16. The average molecular weight is 409 g/mol. The third kappa shape index (κ3) is 3.90. The van der Waals surface area contributed by atoms with Crippen LogP contribution in [-0.4, -0.2) is 24.6 Å². The lowest BCUT2D eigenvalue weighted by atomic mass is 10.2. The number of hydrogen-bond donors (Lipinski definition) is 0. The second-order valence-electron chi connectivity index (χ2n) is 5.90. The molecule has 0 aliphatic rings. The van der Waals surface area contributed by atoms with Crippen LogP contribution in [0.1, 0.15) is 12.0 Å². The first-order valence-electron chi connectivity index (χ1n) is 7.89. The molecule has 26 heavy (non-hydrogen) atoms. The summed E-state index contributed by atoms with van der Waals surface area (Å²) in [6.07, 6.45) is -0.161. The van der Waals surface area contributed by atoms with Crippen LogP contribution in [0.3, 0.4) is 0 Å². The molecule has 0 saturated heterocycles. The smallest absolute Gasteiger partial charge is 0.249 e. The van der Waals surface area contributed by atoms with E-state index in [0.29, 0.717) is 9.82 Å². The molecule has 0 fully saturated rings. The van der Waals surface area contributed by atoms with Crippen LogP contribution in [0, 0.1) is 6.92 Å². The van der Waals surface area contributed by atoms with E-state index in [1.54, 1.807) is 18.2 Å². The molecule has 0 atom stereocenters. The van der Waals surface area contributed by atoms with Crippen molar-refractivity contribution >= 4 is 48.9 Å². The van der Waals surface area contributed by atoms with Crippen molar-refractivity contribution in [2.75, 3.05) is 5.75 Å². The molecular weight excluding hydrogens is 392 g/mol. The molecule has 0 N–H and O–H groups in total. The van der Waals surface area contributed by atoms with Gasteiger partial charge in [0.05, 0.1) is 20.9 Å². The second kappa shape index (κ2) is 7.34. The molecule has 2 aromatic carbocycles. The van der Waals surface area contributed by atoms with Gasteiger partial charge >= 0.3 is 0 Å². The van der Waals surface area contributed by atoms with Crippen molar-refractivity contribution in [3.63, 3.8) is 0 Å². The number of sulfone groups is 1. The molecule has 0 aliphatic carbocycles. The lowest BCUT2D eigenvalue weighted by molar-refractivity contribution is -0.117. The summed E-state index contributed by atoms with van der Waals surface area (Å²) in [6.45, 7) is 1.94. The Bertz CT molecular complexity index is 1150. The number of aromatic nitrogens is 1. The average Bonchev–Trinajstić information content (AvgIpc) is 2.89. The van der Waals surface area contributed by atoms with Crippen molar-refractivity contribution < 1.29 is 13.2 Å². The zero-order chi connectivity index (χ0) is 18.9. The standard InChI is InChI=1S/C18H17ClN2O3S2/c1-12-10-13(19)11-15-17(12)21(2)18(25-15)20-16(22)8-9-26(23,24)14-6-4-3-5-7-14/h3-7,10-11H,8-9H2,1-2H3. The van der Waals surface area contributed by atoms with Gasteiger partial charge in [-0.25, -0.2) is 8.42 Å². The summed E-state index contributed by atoms with van der Waals surface area (Å²) in [5.41, 5.74) is 1.95. The zero-order valence-corrected chi connectivity index (χ0v) is 16.7. The van der Waals surface area contributed by atoms with Gasteiger partial charge in [-0.2, -0.15) is 4.99 Å². The minimum atomic E-state index is -3.50. The van der Waals surface area contributed by atoms with E-state index in [2.05, 4.69) is 4.99 Å². The fraction of sp³-hybridized carbons (Fsp3) is 0.222. The van der Waals surface area contributed by atoms with Crippen molar-refractivity contribution in [3.05, 3.63) is 57.9 Å². The number of thiazole rings is 1. The Labute approximate surface area is 160 Å². The molecule has 0 spiro atoms. The highest BCUT2D eigenvalue weighted by atomic mass is 35.5. The fourth-order valence-electron chi connectivity index (χ4n) is 2.70. The number of aryl methyl sites for hydroxylation is 2. The van der Waals surface area contributed by atoms with Crippen LogP contribution in [0.5, 0.6) is 0 Å². The molecule has 1 aromatic heterocycles. The highest BCUT2D eigenvalue weighted by molar-refractivity contribution is 7.91. The number of nitrogens with zero attached hydrogens (tertiary/aromatic N) is 2. The summed E-state index contributed by atoms with van der Waals surface area (Å²) in [5, 5.41) is 0.628. The van der Waals surface area contributed by atoms with Gasteiger partial charge in [0, 0.05) is 18.5 Å². The molecule has 5 nitrogen and oxygen atoms in total. The van der Waals surface area contributed by atoms with Crippen LogP contribution in [0.25, 0.3) is 10.2 Å². The normalized spacial score (nSPS) is 12.7. The van der Waals surface area contributed by atoms with Crippen LogP contribution in [0.2, 0.25) is 5.02 Å². The van der Waals surface area contributed by atoms with Gasteiger partial charge in [-0.3, -0.25) is 4.79 Å². The summed E-state index contributed by atoms with van der Waals surface area (Å²) in [4.78, 5) is 17.0. The Morgan fingerprint density at radius 3 is 2.62 bits per heavy atom. The van der Waals surface area contributed by atoms with Crippen LogP contribution >= 0.6 is 22.9 Å². The largest absolute Gasteiger partial charge is 0.319 e. The second-order valence-corrected chi connectivity index (χ2v) is 9.46. The fourth-order valence-corrected chi connectivity index (χ4v) is 5.44. The summed E-state index contributed by atoms with van der Waals surface area (Å²) >= 11 is 7.43. The Morgan fingerprint density at radius 1 is 1.23 bits per heavy atom. The highest BCUT2D eigenvalue weighted by Crippen LogP contribution is 2.25. The van der Waals surface area contributed by atoms with Crippen LogP contribution in [0.15, 0.2) is 52.4 Å². The van der Waals surface area contributed by atoms with E-state index in [-0.39, 0.29) is 17.1 Å². The summed E-state index contributed by atoms with van der Waals surface area (Å²) in [5.74, 6) is -0.728. The van der Waals surface area contributed by atoms with Gasteiger partial charge in [0.15, 0.2) is 14.6 Å². The number of amides is 1. The van der Waals surface area contributed by atoms with Gasteiger partial charge in [0.25, 0.3) is 0 Å². The van der Waals surface area contributed by atoms with E-state index in [4.69, 9.17) is 11.6 Å². The zero-order valence-electron chi connectivity index (χ0n) is 14.3. The van der Waals surface area contributed by atoms with Crippen molar-refractivity contribution in [1.82, 2.24) is 4.57 Å². The molecule has 0 bridgehead atoms. The minimum absolute atomic E-state index is 0.161. The van der Waals surface area contributed by atoms with Crippen molar-refractivity contribution in [1.29, 1.82) is 0 Å². The van der Waals surface area contributed by atoms with E-state index in [1.165, 1.54) is 23.5 Å². The van der Waals surface area contributed by atoms with Crippen molar-refractivity contribution in [3.8, 4) is 0 Å². The van der Waals surface area contributed by atoms with Crippen LogP contribution in [-0.2, 0) is 21.7 Å². The SMILES string of the molecule is Cc1cc(Cl)cc2sc(=NC(=O)CCS(=O)(=O)c3ccccc3)n(C)c12. The van der Waals surface area contributed by atoms with Gasteiger partial charge in [-0.05, 0) is 36.8 Å². The maximum absolute atomic E-state index is 12.3. The summed E-state index contributed by atoms with van der Waals surface area (Å²) < 4.78 is 27.3. The van der Waals surface area contributed by atoms with Gasteiger partial charge < -0.3 is 4.57 Å². The first-order valence-corrected chi connectivity index (χ1v) is 10.7. The molecule has 0 aliphatic heterocycles. The first-order chi connectivity index (χ1) is 12.3. The summed E-state index contributed by atoms with van der Waals surface area (Å²) in [7, 11) is -1.67. The molecule has 1 amide bonds. The maximum Gasteiger partial charge on any atom is 0.249 e. The predicted octanol–water partition coefficient (Wildman–Crippen LogP) is 3.49. The van der Waals surface area contributed by atoms with E-state index < -0.39 is 15.7 Å². The summed E-state index contributed by atoms with van der Waals surface area (Å²) in [6, 6.07) is 11.8. The molecular formula is C18H17ClN2O3S2. The third-order valence-corrected chi connectivity index (χ3v) is 6.99. The Kier molecular flexibility index (Phi) is 5.32. The van der Waals surface area contributed by atoms with Crippen LogP contribution < -0.4 is 4.80 Å². The quantitative estimate of drug-likeness (QED) is 0.663. The molecule has 3 rings (SSSR count). The lowest BCUT2D eigenvalue weighted by Gasteiger charge is -2.02. The predicted molar refractivity (Wildman–Crippen MR) is 104 cm³/mol. The van der Waals surface area contributed by atoms with E-state index in [0.717, 1.165) is 15.8 Å². The van der Waals surface area contributed by atoms with E-state index in [9.17, 15) is 13.2 Å². The van der Waals surface area contributed by atoms with Crippen molar-refractivity contribution in [2.24, 2.45) is 12.0 Å². The topological polar surface area (TPSA) is 68.5 Å². The molecule has 0 radical (unpaired) electrons. The first kappa shape index (κ1) is 18.8. The molecule has 136 valence electrons. The highest BCUT2D eigenvalue weighted by Gasteiger charge is 2.16. The molecule has 3 aromatic rings. The number of benzene rings is 2. The monoisotopic (exact) mass is 408 g/mol. The number of carbonyl (C=O) groups excluding carboxylic acids is 1. The number of hydrogen-bond acceptors (Lipinski definition) is 4. The van der Waals surface area contributed by atoms with Gasteiger partial charge in [0.2, 0.25) is 5.91 Å². The Hall–Kier alpha value is -1.96. The number of rotatable bonds is 4. The third-order valence-electron chi connectivity index (χ3n) is 3.96. The maximum atomic E-state index is 12.3. The molecule has 0 unspecified atom stereocenters. The minimum Gasteiger partial charge on any atom is -0.319 e. The van der Waals surface area contributed by atoms with E-state index >= 15 is 0 Å².